The molecule has 0 aliphatic carbocycles. The van der Waals surface area contributed by atoms with E-state index in [0.29, 0.717) is 22.8 Å². The predicted molar refractivity (Wildman–Crippen MR) is 98.1 cm³/mol. The average Bonchev–Trinajstić information content (AvgIpc) is 2.69. The van der Waals surface area contributed by atoms with Crippen LogP contribution in [0.25, 0.3) is 0 Å². The van der Waals surface area contributed by atoms with Crippen molar-refractivity contribution in [3.8, 4) is 6.07 Å². The number of nitrogens with one attached hydrogen (secondary N) is 2. The van der Waals surface area contributed by atoms with Crippen molar-refractivity contribution in [2.75, 3.05) is 10.6 Å². The van der Waals surface area contributed by atoms with E-state index in [2.05, 4.69) is 15.6 Å². The van der Waals surface area contributed by atoms with Crippen LogP contribution in [0.5, 0.6) is 0 Å². The first-order valence-electron chi connectivity index (χ1n) is 8.07. The van der Waals surface area contributed by atoms with E-state index in [9.17, 15) is 18.0 Å². The van der Waals surface area contributed by atoms with E-state index in [1.807, 2.05) is 6.07 Å². The SMILES string of the molecule is N#Cc1cccc(Nc2ccc(NC(=O)c3ccc(C(F)(F)F)cc3)cn2)c1. The fourth-order valence-corrected chi connectivity index (χ4v) is 2.37. The van der Waals surface area contributed by atoms with Crippen LogP contribution in [0.15, 0.2) is 66.9 Å². The van der Waals surface area contributed by atoms with Gasteiger partial charge in [-0.25, -0.2) is 4.98 Å². The summed E-state index contributed by atoms with van der Waals surface area (Å²) in [5.41, 5.74) is 0.866. The van der Waals surface area contributed by atoms with Crippen LogP contribution in [0.4, 0.5) is 30.4 Å². The van der Waals surface area contributed by atoms with Crippen LogP contribution >= 0.6 is 0 Å². The third kappa shape index (κ3) is 4.65. The minimum absolute atomic E-state index is 0.100. The maximum Gasteiger partial charge on any atom is 0.416 e. The number of aromatic nitrogens is 1. The lowest BCUT2D eigenvalue weighted by molar-refractivity contribution is -0.137. The van der Waals surface area contributed by atoms with Gasteiger partial charge in [0.25, 0.3) is 5.91 Å². The molecule has 28 heavy (non-hydrogen) atoms. The number of pyridine rings is 1. The number of nitriles is 1. The van der Waals surface area contributed by atoms with Crippen molar-refractivity contribution in [1.82, 2.24) is 4.98 Å². The number of hydrogen-bond donors (Lipinski definition) is 2. The number of anilines is 3. The summed E-state index contributed by atoms with van der Waals surface area (Å²) >= 11 is 0. The summed E-state index contributed by atoms with van der Waals surface area (Å²) in [7, 11) is 0. The molecule has 5 nitrogen and oxygen atoms in total. The molecule has 3 rings (SSSR count). The van der Waals surface area contributed by atoms with Gasteiger partial charge in [-0.2, -0.15) is 18.4 Å². The molecule has 8 heteroatoms. The highest BCUT2D eigenvalue weighted by molar-refractivity contribution is 6.04. The van der Waals surface area contributed by atoms with E-state index in [1.54, 1.807) is 36.4 Å². The highest BCUT2D eigenvalue weighted by Gasteiger charge is 2.30. The van der Waals surface area contributed by atoms with Crippen LogP contribution in [-0.2, 0) is 6.18 Å². The van der Waals surface area contributed by atoms with Crippen LogP contribution in [0.3, 0.4) is 0 Å². The van der Waals surface area contributed by atoms with Crippen molar-refractivity contribution in [3.05, 3.63) is 83.6 Å². The largest absolute Gasteiger partial charge is 0.416 e. The van der Waals surface area contributed by atoms with E-state index in [-0.39, 0.29) is 5.56 Å². The molecule has 0 unspecified atom stereocenters. The lowest BCUT2D eigenvalue weighted by Crippen LogP contribution is -2.13. The number of carbonyl (C=O) groups excluding carboxylic acids is 1. The molecular weight excluding hydrogens is 369 g/mol. The number of amides is 1. The number of nitrogens with zero attached hydrogens (tertiary/aromatic N) is 2. The first kappa shape index (κ1) is 18.9. The number of halogens is 3. The molecule has 1 aromatic heterocycles. The van der Waals surface area contributed by atoms with Gasteiger partial charge in [-0.15, -0.1) is 0 Å². The second kappa shape index (κ2) is 7.80. The number of alkyl halides is 3. The zero-order valence-electron chi connectivity index (χ0n) is 14.3. The normalized spacial score (nSPS) is 10.8. The standard InChI is InChI=1S/C20H13F3N4O/c21-20(22,23)15-6-4-14(5-7-15)19(28)27-17-8-9-18(25-12-17)26-16-3-1-2-13(10-16)11-24/h1-10,12H,(H,25,26)(H,27,28). The van der Waals surface area contributed by atoms with E-state index < -0.39 is 17.6 Å². The molecule has 1 amide bonds. The molecule has 0 saturated heterocycles. The fraction of sp³-hybridized carbons (Fsp3) is 0.0500. The Labute approximate surface area is 158 Å². The van der Waals surface area contributed by atoms with Crippen LogP contribution in [0, 0.1) is 11.3 Å². The summed E-state index contributed by atoms with van der Waals surface area (Å²) in [4.78, 5) is 16.3. The van der Waals surface area contributed by atoms with E-state index in [0.717, 1.165) is 24.3 Å². The topological polar surface area (TPSA) is 77.8 Å². The second-order valence-corrected chi connectivity index (χ2v) is 5.78. The molecule has 0 atom stereocenters. The molecule has 0 saturated carbocycles. The van der Waals surface area contributed by atoms with Crippen molar-refractivity contribution in [2.24, 2.45) is 0 Å². The van der Waals surface area contributed by atoms with Crippen molar-refractivity contribution in [3.63, 3.8) is 0 Å². The fourth-order valence-electron chi connectivity index (χ4n) is 2.37. The van der Waals surface area contributed by atoms with E-state index in [1.165, 1.54) is 6.20 Å². The van der Waals surface area contributed by atoms with Crippen molar-refractivity contribution >= 4 is 23.1 Å². The molecule has 140 valence electrons. The van der Waals surface area contributed by atoms with Crippen LogP contribution in [0.1, 0.15) is 21.5 Å². The number of benzene rings is 2. The Morgan fingerprint density at radius 3 is 2.36 bits per heavy atom. The molecule has 0 fully saturated rings. The van der Waals surface area contributed by atoms with Crippen molar-refractivity contribution < 1.29 is 18.0 Å². The third-order valence-electron chi connectivity index (χ3n) is 3.76. The zero-order valence-corrected chi connectivity index (χ0v) is 14.3. The van der Waals surface area contributed by atoms with Crippen LogP contribution in [0.2, 0.25) is 0 Å². The number of hydrogen-bond acceptors (Lipinski definition) is 4. The van der Waals surface area contributed by atoms with Gasteiger partial charge in [-0.05, 0) is 54.6 Å². The van der Waals surface area contributed by atoms with Crippen LogP contribution in [-0.4, -0.2) is 10.9 Å². The molecule has 0 aliphatic rings. The second-order valence-electron chi connectivity index (χ2n) is 5.78. The molecule has 0 aliphatic heterocycles. The smallest absolute Gasteiger partial charge is 0.340 e. The molecule has 2 aromatic carbocycles. The lowest BCUT2D eigenvalue weighted by atomic mass is 10.1. The van der Waals surface area contributed by atoms with E-state index >= 15 is 0 Å². The summed E-state index contributed by atoms with van der Waals surface area (Å²) in [6, 6.07) is 16.1. The molecule has 0 bridgehead atoms. The first-order valence-corrected chi connectivity index (χ1v) is 8.07. The monoisotopic (exact) mass is 382 g/mol. The molecule has 1 heterocycles. The molecule has 0 spiro atoms. The Balaban J connectivity index is 1.65. The molecule has 3 aromatic rings. The number of rotatable bonds is 4. The predicted octanol–water partition coefficient (Wildman–Crippen LogP) is 4.97. The molecular formula is C20H13F3N4O. The number of carbonyl (C=O) groups is 1. The molecule has 2 N–H and O–H groups in total. The zero-order chi connectivity index (χ0) is 20.1. The van der Waals surface area contributed by atoms with Gasteiger partial charge in [0, 0.05) is 11.3 Å². The third-order valence-corrected chi connectivity index (χ3v) is 3.76. The highest BCUT2D eigenvalue weighted by Crippen LogP contribution is 2.29. The van der Waals surface area contributed by atoms with Gasteiger partial charge in [-0.3, -0.25) is 4.79 Å². The average molecular weight is 382 g/mol. The summed E-state index contributed by atoms with van der Waals surface area (Å²) in [5.74, 6) is -0.0411. The summed E-state index contributed by atoms with van der Waals surface area (Å²) in [6.07, 6.45) is -3.03. The van der Waals surface area contributed by atoms with Gasteiger partial charge < -0.3 is 10.6 Å². The minimum atomic E-state index is -4.45. The maximum absolute atomic E-state index is 12.6. The maximum atomic E-state index is 12.6. The van der Waals surface area contributed by atoms with Gasteiger partial charge in [0.2, 0.25) is 0 Å². The molecule has 0 radical (unpaired) electrons. The van der Waals surface area contributed by atoms with Gasteiger partial charge in [0.1, 0.15) is 5.82 Å². The Morgan fingerprint density at radius 2 is 1.75 bits per heavy atom. The van der Waals surface area contributed by atoms with Crippen molar-refractivity contribution in [1.29, 1.82) is 5.26 Å². The lowest BCUT2D eigenvalue weighted by Gasteiger charge is -2.09. The van der Waals surface area contributed by atoms with Gasteiger partial charge in [-0.1, -0.05) is 6.07 Å². The Bertz CT molecular complexity index is 1020. The highest BCUT2D eigenvalue weighted by atomic mass is 19.4. The van der Waals surface area contributed by atoms with Crippen molar-refractivity contribution in [2.45, 2.75) is 6.18 Å². The summed E-state index contributed by atoms with van der Waals surface area (Å²) < 4.78 is 37.7. The van der Waals surface area contributed by atoms with Gasteiger partial charge in [0.15, 0.2) is 0 Å². The Hall–Kier alpha value is -3.86. The quantitative estimate of drug-likeness (QED) is 0.668. The summed E-state index contributed by atoms with van der Waals surface area (Å²) in [6.45, 7) is 0. The Morgan fingerprint density at radius 1 is 1.00 bits per heavy atom. The summed E-state index contributed by atoms with van der Waals surface area (Å²) in [5, 5.41) is 14.5. The van der Waals surface area contributed by atoms with Gasteiger partial charge >= 0.3 is 6.18 Å². The Kier molecular flexibility index (Phi) is 5.27. The van der Waals surface area contributed by atoms with E-state index in [4.69, 9.17) is 5.26 Å². The first-order chi connectivity index (χ1) is 13.3. The minimum Gasteiger partial charge on any atom is -0.340 e. The van der Waals surface area contributed by atoms with Gasteiger partial charge in [0.05, 0.1) is 29.1 Å². The van der Waals surface area contributed by atoms with Crippen LogP contribution < -0.4 is 10.6 Å².